The van der Waals surface area contributed by atoms with Crippen LogP contribution in [0.1, 0.15) is 5.01 Å². The zero-order valence-electron chi connectivity index (χ0n) is 14.0. The highest BCUT2D eigenvalue weighted by Crippen LogP contribution is 2.25. The molecule has 0 unspecified atom stereocenters. The minimum atomic E-state index is 0.381. The highest BCUT2D eigenvalue weighted by atomic mass is 35.5. The van der Waals surface area contributed by atoms with Gasteiger partial charge in [-0.15, -0.1) is 10.2 Å². The van der Waals surface area contributed by atoms with Gasteiger partial charge in [-0.2, -0.15) is 9.61 Å². The van der Waals surface area contributed by atoms with Gasteiger partial charge in [-0.25, -0.2) is 0 Å². The standard InChI is InChI=1S/C20H13ClN4OS/c21-16-8-5-14(6-9-16)19-22-23-20-25(19)24-18(27-20)12-26-17-10-7-13-3-1-2-4-15(13)11-17/h1-11H,12H2. The molecule has 0 radical (unpaired) electrons. The molecule has 0 aliphatic heterocycles. The molecule has 5 rings (SSSR count). The van der Waals surface area contributed by atoms with E-state index in [4.69, 9.17) is 16.3 Å². The van der Waals surface area contributed by atoms with E-state index < -0.39 is 0 Å². The van der Waals surface area contributed by atoms with Crippen molar-refractivity contribution in [1.82, 2.24) is 19.8 Å². The smallest absolute Gasteiger partial charge is 0.235 e. The summed E-state index contributed by atoms with van der Waals surface area (Å²) in [6.45, 7) is 0.381. The lowest BCUT2D eigenvalue weighted by molar-refractivity contribution is 0.304. The molecule has 27 heavy (non-hydrogen) atoms. The van der Waals surface area contributed by atoms with Crippen LogP contribution in [0.3, 0.4) is 0 Å². The third-order valence-corrected chi connectivity index (χ3v) is 5.34. The number of hydrogen-bond donors (Lipinski definition) is 0. The van der Waals surface area contributed by atoms with E-state index in [0.717, 1.165) is 26.7 Å². The molecule has 2 heterocycles. The van der Waals surface area contributed by atoms with E-state index in [-0.39, 0.29) is 0 Å². The molecule has 0 fully saturated rings. The predicted octanol–water partition coefficient (Wildman–Crippen LogP) is 5.24. The molecular weight excluding hydrogens is 380 g/mol. The van der Waals surface area contributed by atoms with Gasteiger partial charge in [0.1, 0.15) is 12.4 Å². The van der Waals surface area contributed by atoms with Crippen molar-refractivity contribution in [3.05, 3.63) is 76.8 Å². The number of rotatable bonds is 4. The number of halogens is 1. The average Bonchev–Trinajstić information content (AvgIpc) is 3.27. The minimum absolute atomic E-state index is 0.381. The van der Waals surface area contributed by atoms with E-state index in [1.807, 2.05) is 48.5 Å². The number of ether oxygens (including phenoxy) is 1. The average molecular weight is 393 g/mol. The van der Waals surface area contributed by atoms with E-state index in [0.29, 0.717) is 17.5 Å². The molecule has 5 nitrogen and oxygen atoms in total. The Bertz CT molecular complexity index is 1250. The summed E-state index contributed by atoms with van der Waals surface area (Å²) in [4.78, 5) is 0.733. The Hall–Kier alpha value is -2.96. The molecule has 3 aromatic carbocycles. The number of aromatic nitrogens is 4. The van der Waals surface area contributed by atoms with E-state index in [1.54, 1.807) is 4.52 Å². The summed E-state index contributed by atoms with van der Waals surface area (Å²) in [5.74, 6) is 1.51. The zero-order chi connectivity index (χ0) is 18.2. The van der Waals surface area contributed by atoms with Crippen LogP contribution in [-0.2, 0) is 6.61 Å². The first-order valence-electron chi connectivity index (χ1n) is 8.35. The summed E-state index contributed by atoms with van der Waals surface area (Å²) < 4.78 is 7.67. The third kappa shape index (κ3) is 3.13. The summed E-state index contributed by atoms with van der Waals surface area (Å²) in [5, 5.41) is 16.9. The fraction of sp³-hybridized carbons (Fsp3) is 0.0500. The molecule has 0 saturated heterocycles. The van der Waals surface area contributed by atoms with Crippen LogP contribution in [0.2, 0.25) is 5.02 Å². The first-order valence-corrected chi connectivity index (χ1v) is 9.54. The fourth-order valence-corrected chi connectivity index (χ4v) is 3.77. The maximum Gasteiger partial charge on any atom is 0.235 e. The molecule has 0 bridgehead atoms. The highest BCUT2D eigenvalue weighted by Gasteiger charge is 2.13. The van der Waals surface area contributed by atoms with Crippen molar-refractivity contribution in [3.8, 4) is 17.1 Å². The summed E-state index contributed by atoms with van der Waals surface area (Å²) in [7, 11) is 0. The molecule has 5 aromatic rings. The summed E-state index contributed by atoms with van der Waals surface area (Å²) in [6, 6.07) is 21.7. The van der Waals surface area contributed by atoms with Crippen LogP contribution in [0.5, 0.6) is 5.75 Å². The number of nitrogens with zero attached hydrogens (tertiary/aromatic N) is 4. The molecule has 0 amide bonds. The lowest BCUT2D eigenvalue weighted by Crippen LogP contribution is -1.97. The van der Waals surface area contributed by atoms with Crippen LogP contribution in [0.15, 0.2) is 66.7 Å². The van der Waals surface area contributed by atoms with Crippen molar-refractivity contribution in [2.45, 2.75) is 6.61 Å². The van der Waals surface area contributed by atoms with Gasteiger partial charge >= 0.3 is 0 Å². The van der Waals surface area contributed by atoms with Crippen LogP contribution in [0, 0.1) is 0 Å². The highest BCUT2D eigenvalue weighted by molar-refractivity contribution is 7.16. The van der Waals surface area contributed by atoms with Crippen molar-refractivity contribution in [1.29, 1.82) is 0 Å². The van der Waals surface area contributed by atoms with Gasteiger partial charge in [0, 0.05) is 10.6 Å². The predicted molar refractivity (Wildman–Crippen MR) is 107 cm³/mol. The van der Waals surface area contributed by atoms with Crippen molar-refractivity contribution in [2.24, 2.45) is 0 Å². The number of benzene rings is 3. The van der Waals surface area contributed by atoms with Gasteiger partial charge in [0.25, 0.3) is 0 Å². The molecule has 0 aliphatic rings. The van der Waals surface area contributed by atoms with Crippen molar-refractivity contribution in [3.63, 3.8) is 0 Å². The Balaban J connectivity index is 1.39. The van der Waals surface area contributed by atoms with E-state index >= 15 is 0 Å². The molecule has 2 aromatic heterocycles. The second-order valence-corrected chi connectivity index (χ2v) is 7.50. The second-order valence-electron chi connectivity index (χ2n) is 6.02. The van der Waals surface area contributed by atoms with E-state index in [9.17, 15) is 0 Å². The molecular formula is C20H13ClN4OS. The Kier molecular flexibility index (Phi) is 3.99. The monoisotopic (exact) mass is 392 g/mol. The van der Waals surface area contributed by atoms with Crippen molar-refractivity contribution < 1.29 is 4.74 Å². The van der Waals surface area contributed by atoms with Crippen LogP contribution >= 0.6 is 22.9 Å². The SMILES string of the molecule is Clc1ccc(-c2nnc3sc(COc4ccc5ccccc5c4)nn23)cc1. The molecule has 132 valence electrons. The Labute approximate surface area is 163 Å². The van der Waals surface area contributed by atoms with Gasteiger partial charge in [-0.3, -0.25) is 0 Å². The van der Waals surface area contributed by atoms with Crippen LogP contribution in [0.4, 0.5) is 0 Å². The fourth-order valence-electron chi connectivity index (χ4n) is 2.90. The zero-order valence-corrected chi connectivity index (χ0v) is 15.6. The number of hydrogen-bond acceptors (Lipinski definition) is 5. The van der Waals surface area contributed by atoms with Gasteiger partial charge in [-0.1, -0.05) is 53.3 Å². The Morgan fingerprint density at radius 1 is 0.926 bits per heavy atom. The molecule has 0 saturated carbocycles. The Morgan fingerprint density at radius 2 is 1.74 bits per heavy atom. The third-order valence-electron chi connectivity index (χ3n) is 4.22. The van der Waals surface area contributed by atoms with Gasteiger partial charge in [-0.05, 0) is 47.2 Å². The topological polar surface area (TPSA) is 52.3 Å². The quantitative estimate of drug-likeness (QED) is 0.419. The summed E-state index contributed by atoms with van der Waals surface area (Å²) in [6.07, 6.45) is 0. The lowest BCUT2D eigenvalue weighted by Gasteiger charge is -2.05. The van der Waals surface area contributed by atoms with E-state index in [1.165, 1.54) is 16.7 Å². The summed E-state index contributed by atoms with van der Waals surface area (Å²) in [5.41, 5.74) is 0.916. The van der Waals surface area contributed by atoms with Crippen LogP contribution in [-0.4, -0.2) is 19.8 Å². The van der Waals surface area contributed by atoms with Gasteiger partial charge in [0.15, 0.2) is 10.8 Å². The van der Waals surface area contributed by atoms with Crippen molar-refractivity contribution >= 4 is 38.7 Å². The second kappa shape index (κ2) is 6.64. The first-order chi connectivity index (χ1) is 13.3. The van der Waals surface area contributed by atoms with Crippen LogP contribution < -0.4 is 4.74 Å². The van der Waals surface area contributed by atoms with E-state index in [2.05, 4.69) is 33.5 Å². The van der Waals surface area contributed by atoms with Crippen molar-refractivity contribution in [2.75, 3.05) is 0 Å². The van der Waals surface area contributed by atoms with Crippen LogP contribution in [0.25, 0.3) is 27.1 Å². The maximum atomic E-state index is 5.96. The molecule has 0 N–H and O–H groups in total. The van der Waals surface area contributed by atoms with Gasteiger partial charge in [0.05, 0.1) is 0 Å². The Morgan fingerprint density at radius 3 is 2.59 bits per heavy atom. The first kappa shape index (κ1) is 16.2. The molecule has 0 atom stereocenters. The minimum Gasteiger partial charge on any atom is -0.486 e. The molecule has 0 spiro atoms. The molecule has 0 aliphatic carbocycles. The molecule has 7 heteroatoms. The maximum absolute atomic E-state index is 5.96. The van der Waals surface area contributed by atoms with Gasteiger partial charge < -0.3 is 4.74 Å². The largest absolute Gasteiger partial charge is 0.486 e. The van der Waals surface area contributed by atoms with Gasteiger partial charge in [0.2, 0.25) is 4.96 Å². The number of fused-ring (bicyclic) bond motifs is 2. The lowest BCUT2D eigenvalue weighted by atomic mass is 10.1. The summed E-state index contributed by atoms with van der Waals surface area (Å²) >= 11 is 7.42. The normalized spacial score (nSPS) is 11.3.